The third kappa shape index (κ3) is 3.43. The third-order valence-corrected chi connectivity index (χ3v) is 6.89. The van der Waals surface area contributed by atoms with Gasteiger partial charge in [-0.3, -0.25) is 0 Å². The largest absolute Gasteiger partial charge is 0.396 e. The van der Waals surface area contributed by atoms with Gasteiger partial charge in [0.05, 0.1) is 6.61 Å². The van der Waals surface area contributed by atoms with Crippen LogP contribution in [0.4, 0.5) is 0 Å². The Morgan fingerprint density at radius 1 is 1.18 bits per heavy atom. The van der Waals surface area contributed by atoms with E-state index in [0.29, 0.717) is 29.3 Å². The van der Waals surface area contributed by atoms with E-state index in [1.165, 1.54) is 24.8 Å². The minimum atomic E-state index is 0.224. The zero-order valence-corrected chi connectivity index (χ0v) is 15.1. The summed E-state index contributed by atoms with van der Waals surface area (Å²) in [6, 6.07) is 0. The van der Waals surface area contributed by atoms with Crippen LogP contribution in [-0.2, 0) is 0 Å². The fourth-order valence-electron chi connectivity index (χ4n) is 5.51. The van der Waals surface area contributed by atoms with E-state index in [4.69, 9.17) is 5.11 Å². The summed E-state index contributed by atoms with van der Waals surface area (Å²) >= 11 is 0. The van der Waals surface area contributed by atoms with Crippen LogP contribution in [0.5, 0.6) is 0 Å². The molecule has 0 aromatic rings. The zero-order valence-electron chi connectivity index (χ0n) is 15.1. The fraction of sp³-hybridized carbons (Fsp3) is 0.900. The highest BCUT2D eigenvalue weighted by molar-refractivity contribution is 5.20. The highest BCUT2D eigenvalue weighted by atomic mass is 16.3. The molecule has 4 unspecified atom stereocenters. The van der Waals surface area contributed by atoms with Gasteiger partial charge >= 0.3 is 0 Å². The van der Waals surface area contributed by atoms with Gasteiger partial charge < -0.3 is 10.2 Å². The van der Waals surface area contributed by atoms with Crippen molar-refractivity contribution in [2.75, 3.05) is 13.2 Å². The summed E-state index contributed by atoms with van der Waals surface area (Å²) in [5, 5.41) is 19.0. The average Bonchev–Trinajstić information content (AvgIpc) is 2.44. The van der Waals surface area contributed by atoms with Gasteiger partial charge in [0.1, 0.15) is 0 Å². The van der Waals surface area contributed by atoms with Crippen molar-refractivity contribution < 1.29 is 10.2 Å². The molecule has 1 fully saturated rings. The third-order valence-electron chi connectivity index (χ3n) is 6.89. The van der Waals surface area contributed by atoms with Crippen molar-refractivity contribution in [2.24, 2.45) is 28.6 Å². The fourth-order valence-corrected chi connectivity index (χ4v) is 5.51. The molecule has 2 nitrogen and oxygen atoms in total. The lowest BCUT2D eigenvalue weighted by molar-refractivity contribution is -0.0435. The van der Waals surface area contributed by atoms with Crippen molar-refractivity contribution in [3.05, 3.63) is 11.6 Å². The molecule has 22 heavy (non-hydrogen) atoms. The summed E-state index contributed by atoms with van der Waals surface area (Å²) in [6.07, 6.45) is 10.7. The van der Waals surface area contributed by atoms with Crippen molar-refractivity contribution in [3.63, 3.8) is 0 Å². The van der Waals surface area contributed by atoms with Crippen LogP contribution in [0.25, 0.3) is 0 Å². The Labute approximate surface area is 137 Å². The van der Waals surface area contributed by atoms with Gasteiger partial charge in [0.25, 0.3) is 0 Å². The summed E-state index contributed by atoms with van der Waals surface area (Å²) in [7, 11) is 0. The number of hydrogen-bond acceptors (Lipinski definition) is 2. The van der Waals surface area contributed by atoms with Crippen LogP contribution in [-0.4, -0.2) is 23.4 Å². The Kier molecular flexibility index (Phi) is 5.77. The van der Waals surface area contributed by atoms with Gasteiger partial charge in [0, 0.05) is 6.61 Å². The van der Waals surface area contributed by atoms with Crippen molar-refractivity contribution >= 4 is 0 Å². The molecule has 128 valence electrons. The topological polar surface area (TPSA) is 40.5 Å². The second-order valence-electron chi connectivity index (χ2n) is 8.82. The zero-order chi connectivity index (χ0) is 16.4. The molecule has 2 rings (SSSR count). The summed E-state index contributed by atoms with van der Waals surface area (Å²) in [4.78, 5) is 0. The lowest BCUT2D eigenvalue weighted by Crippen LogP contribution is -2.49. The molecule has 4 atom stereocenters. The highest BCUT2D eigenvalue weighted by Gasteiger charge is 2.51. The Balaban J connectivity index is 2.19. The van der Waals surface area contributed by atoms with Crippen LogP contribution in [0.2, 0.25) is 0 Å². The van der Waals surface area contributed by atoms with E-state index in [-0.39, 0.29) is 6.61 Å². The first kappa shape index (κ1) is 18.0. The van der Waals surface area contributed by atoms with Crippen LogP contribution in [0, 0.1) is 28.6 Å². The number of hydrogen-bond donors (Lipinski definition) is 2. The van der Waals surface area contributed by atoms with Gasteiger partial charge in [-0.1, -0.05) is 46.6 Å². The van der Waals surface area contributed by atoms with E-state index < -0.39 is 0 Å². The van der Waals surface area contributed by atoms with Gasteiger partial charge in [-0.15, -0.1) is 0 Å². The van der Waals surface area contributed by atoms with E-state index in [1.807, 2.05) is 0 Å². The molecular formula is C20H36O2. The van der Waals surface area contributed by atoms with Crippen LogP contribution in [0.3, 0.4) is 0 Å². The lowest BCUT2D eigenvalue weighted by atomic mass is 9.48. The smallest absolute Gasteiger partial charge is 0.0644 e. The molecule has 2 aliphatic carbocycles. The maximum atomic E-state index is 9.86. The first-order chi connectivity index (χ1) is 10.3. The van der Waals surface area contributed by atoms with E-state index in [9.17, 15) is 5.11 Å². The standard InChI is InChI=1S/C20H36O2/c1-15(10-13-21)6-8-17-16(14-22)7-9-18-19(2,3)11-5-12-20(17,18)4/h7,15,17-18,21-22H,5-6,8-14H2,1-4H3. The van der Waals surface area contributed by atoms with Crippen LogP contribution >= 0.6 is 0 Å². The molecule has 0 aromatic heterocycles. The lowest BCUT2D eigenvalue weighted by Gasteiger charge is -2.57. The first-order valence-electron chi connectivity index (χ1n) is 9.26. The molecule has 1 saturated carbocycles. The predicted octanol–water partition coefficient (Wildman–Crippen LogP) is 4.56. The van der Waals surface area contributed by atoms with Crippen LogP contribution in [0.1, 0.15) is 72.6 Å². The Hall–Kier alpha value is -0.340. The number of allylic oxidation sites excluding steroid dienone is 1. The SMILES string of the molecule is CC(CCO)CCC1C(CO)=CCC2C(C)(C)CCCC12C. The van der Waals surface area contributed by atoms with Gasteiger partial charge in [-0.25, -0.2) is 0 Å². The second-order valence-corrected chi connectivity index (χ2v) is 8.82. The monoisotopic (exact) mass is 308 g/mol. The summed E-state index contributed by atoms with van der Waals surface area (Å²) in [5.74, 6) is 1.84. The highest BCUT2D eigenvalue weighted by Crippen LogP contribution is 2.60. The molecule has 2 aliphatic rings. The molecule has 0 radical (unpaired) electrons. The first-order valence-corrected chi connectivity index (χ1v) is 9.26. The predicted molar refractivity (Wildman–Crippen MR) is 92.6 cm³/mol. The van der Waals surface area contributed by atoms with E-state index in [1.54, 1.807) is 0 Å². The second kappa shape index (κ2) is 7.05. The summed E-state index contributed by atoms with van der Waals surface area (Å²) < 4.78 is 0. The summed E-state index contributed by atoms with van der Waals surface area (Å²) in [6.45, 7) is 10.1. The molecule has 0 heterocycles. The van der Waals surface area contributed by atoms with Gasteiger partial charge in [-0.2, -0.15) is 0 Å². The van der Waals surface area contributed by atoms with E-state index in [2.05, 4.69) is 33.8 Å². The maximum Gasteiger partial charge on any atom is 0.0644 e. The number of aliphatic hydroxyl groups is 2. The van der Waals surface area contributed by atoms with Crippen LogP contribution in [0.15, 0.2) is 11.6 Å². The minimum Gasteiger partial charge on any atom is -0.396 e. The average molecular weight is 309 g/mol. The number of fused-ring (bicyclic) bond motifs is 1. The molecule has 0 aliphatic heterocycles. The van der Waals surface area contributed by atoms with Crippen molar-refractivity contribution in [1.29, 1.82) is 0 Å². The molecule has 0 spiro atoms. The molecule has 0 bridgehead atoms. The molecule has 0 amide bonds. The molecule has 2 N–H and O–H groups in total. The van der Waals surface area contributed by atoms with E-state index >= 15 is 0 Å². The van der Waals surface area contributed by atoms with Crippen LogP contribution < -0.4 is 0 Å². The molecule has 2 heteroatoms. The van der Waals surface area contributed by atoms with E-state index in [0.717, 1.165) is 31.6 Å². The Morgan fingerprint density at radius 3 is 2.55 bits per heavy atom. The Morgan fingerprint density at radius 2 is 1.91 bits per heavy atom. The Bertz CT molecular complexity index is 399. The van der Waals surface area contributed by atoms with Crippen molar-refractivity contribution in [3.8, 4) is 0 Å². The normalized spacial score (nSPS) is 35.6. The number of rotatable bonds is 6. The number of aliphatic hydroxyl groups excluding tert-OH is 2. The van der Waals surface area contributed by atoms with Crippen molar-refractivity contribution in [2.45, 2.75) is 72.6 Å². The van der Waals surface area contributed by atoms with Gasteiger partial charge in [0.15, 0.2) is 0 Å². The minimum absolute atomic E-state index is 0.224. The molecular weight excluding hydrogens is 272 g/mol. The maximum absolute atomic E-state index is 9.86. The quantitative estimate of drug-likeness (QED) is 0.706. The van der Waals surface area contributed by atoms with Gasteiger partial charge in [-0.05, 0) is 66.3 Å². The van der Waals surface area contributed by atoms with Crippen molar-refractivity contribution in [1.82, 2.24) is 0 Å². The molecule has 0 aromatic carbocycles. The summed E-state index contributed by atoms with van der Waals surface area (Å²) in [5.41, 5.74) is 2.04. The van der Waals surface area contributed by atoms with Gasteiger partial charge in [0.2, 0.25) is 0 Å². The molecule has 0 saturated heterocycles.